The average Bonchev–Trinajstić information content (AvgIpc) is 2.85. The third-order valence-corrected chi connectivity index (χ3v) is 5.12. The highest BCUT2D eigenvalue weighted by Gasteiger charge is 2.38. The fourth-order valence-corrected chi connectivity index (χ4v) is 3.15. The summed E-state index contributed by atoms with van der Waals surface area (Å²) < 4.78 is 0. The molecule has 138 valence electrons. The zero-order valence-corrected chi connectivity index (χ0v) is 16.4. The molecule has 0 spiro atoms. The number of nitrogens with zero attached hydrogens (tertiary/aromatic N) is 1. The van der Waals surface area contributed by atoms with Crippen molar-refractivity contribution in [3.05, 3.63) is 82.0 Å². The predicted octanol–water partition coefficient (Wildman–Crippen LogP) is 4.64. The molecule has 1 aliphatic heterocycles. The first-order valence-corrected chi connectivity index (χ1v) is 9.03. The number of carbonyl (C=O) groups is 2. The molecule has 0 atom stereocenters. The van der Waals surface area contributed by atoms with Crippen molar-refractivity contribution in [1.82, 2.24) is 4.90 Å². The second kappa shape index (κ2) is 7.41. The van der Waals surface area contributed by atoms with E-state index in [1.165, 1.54) is 4.90 Å². The Morgan fingerprint density at radius 1 is 1.00 bits per heavy atom. The predicted molar refractivity (Wildman–Crippen MR) is 110 cm³/mol. The molecular formula is C22H21ClN2O2. The number of benzene rings is 2. The molecule has 0 saturated carbocycles. The molecule has 3 rings (SSSR count). The molecule has 27 heavy (non-hydrogen) atoms. The molecule has 0 saturated heterocycles. The lowest BCUT2D eigenvalue weighted by Crippen LogP contribution is -2.32. The van der Waals surface area contributed by atoms with Gasteiger partial charge in [0.05, 0.1) is 5.57 Å². The lowest BCUT2D eigenvalue weighted by molar-refractivity contribution is -0.136. The second-order valence-electron chi connectivity index (χ2n) is 6.65. The van der Waals surface area contributed by atoms with Gasteiger partial charge in [0.25, 0.3) is 11.8 Å². The van der Waals surface area contributed by atoms with Crippen LogP contribution in [-0.2, 0) is 9.59 Å². The second-order valence-corrected chi connectivity index (χ2v) is 7.05. The van der Waals surface area contributed by atoms with E-state index in [1.54, 1.807) is 12.1 Å². The van der Waals surface area contributed by atoms with Gasteiger partial charge in [-0.15, -0.1) is 6.58 Å². The Hall–Kier alpha value is -2.85. The van der Waals surface area contributed by atoms with Gasteiger partial charge in [0, 0.05) is 17.3 Å². The van der Waals surface area contributed by atoms with Gasteiger partial charge < -0.3 is 5.32 Å². The van der Waals surface area contributed by atoms with Crippen molar-refractivity contribution in [2.75, 3.05) is 11.9 Å². The summed E-state index contributed by atoms with van der Waals surface area (Å²) in [6, 6.07) is 11.2. The summed E-state index contributed by atoms with van der Waals surface area (Å²) in [5, 5.41) is 3.70. The van der Waals surface area contributed by atoms with Crippen LogP contribution in [-0.4, -0.2) is 23.3 Å². The van der Waals surface area contributed by atoms with E-state index in [0.717, 1.165) is 16.7 Å². The number of carbonyl (C=O) groups excluding carboxylic acids is 2. The number of hydrogen-bond acceptors (Lipinski definition) is 3. The van der Waals surface area contributed by atoms with E-state index in [-0.39, 0.29) is 24.1 Å². The molecule has 4 nitrogen and oxygen atoms in total. The molecule has 2 aromatic rings. The Morgan fingerprint density at radius 2 is 1.70 bits per heavy atom. The van der Waals surface area contributed by atoms with Crippen LogP contribution in [0.15, 0.2) is 54.8 Å². The Morgan fingerprint density at radius 3 is 2.33 bits per heavy atom. The van der Waals surface area contributed by atoms with Gasteiger partial charge in [-0.05, 0) is 55.2 Å². The van der Waals surface area contributed by atoms with Crippen molar-refractivity contribution in [1.29, 1.82) is 0 Å². The molecule has 1 N–H and O–H groups in total. The number of rotatable bonds is 5. The van der Waals surface area contributed by atoms with Crippen molar-refractivity contribution in [2.45, 2.75) is 20.8 Å². The van der Waals surface area contributed by atoms with Gasteiger partial charge in [0.2, 0.25) is 0 Å². The summed E-state index contributed by atoms with van der Waals surface area (Å²) in [4.78, 5) is 27.0. The van der Waals surface area contributed by atoms with Crippen LogP contribution >= 0.6 is 11.6 Å². The Balaban J connectivity index is 2.11. The molecule has 0 unspecified atom stereocenters. The molecule has 5 heteroatoms. The van der Waals surface area contributed by atoms with Crippen molar-refractivity contribution in [3.63, 3.8) is 0 Å². The van der Waals surface area contributed by atoms with Crippen LogP contribution in [0.1, 0.15) is 22.3 Å². The van der Waals surface area contributed by atoms with Gasteiger partial charge in [0.15, 0.2) is 0 Å². The molecule has 0 radical (unpaired) electrons. The van der Waals surface area contributed by atoms with Gasteiger partial charge in [0.1, 0.15) is 5.70 Å². The van der Waals surface area contributed by atoms with Gasteiger partial charge in [-0.2, -0.15) is 0 Å². The van der Waals surface area contributed by atoms with E-state index in [1.807, 2.05) is 51.1 Å². The van der Waals surface area contributed by atoms with Crippen LogP contribution in [0.4, 0.5) is 5.69 Å². The van der Waals surface area contributed by atoms with Crippen LogP contribution in [0.3, 0.4) is 0 Å². The standard InChI is InChI=1S/C22H21ClN2O2/c1-5-10-25-21(26)19(16-8-6-13(2)15(4)11-16)20(22(25)27)24-17-9-7-14(3)18(23)12-17/h5-9,11-12,24H,1,10H2,2-4H3. The molecule has 0 aliphatic carbocycles. The van der Waals surface area contributed by atoms with Gasteiger partial charge >= 0.3 is 0 Å². The largest absolute Gasteiger partial charge is 0.350 e. The molecule has 2 amide bonds. The fraction of sp³-hybridized carbons (Fsp3) is 0.182. The molecule has 0 fully saturated rings. The number of imide groups is 1. The Bertz CT molecular complexity index is 992. The topological polar surface area (TPSA) is 49.4 Å². The first kappa shape index (κ1) is 18.9. The Kier molecular flexibility index (Phi) is 5.19. The van der Waals surface area contributed by atoms with E-state index in [2.05, 4.69) is 11.9 Å². The number of amides is 2. The van der Waals surface area contributed by atoms with Crippen molar-refractivity contribution < 1.29 is 9.59 Å². The number of halogens is 1. The number of nitrogens with one attached hydrogen (secondary N) is 1. The molecule has 0 aromatic heterocycles. The highest BCUT2D eigenvalue weighted by molar-refractivity contribution is 6.36. The average molecular weight is 381 g/mol. The molecule has 1 aliphatic rings. The Labute approximate surface area is 164 Å². The molecule has 2 aromatic carbocycles. The van der Waals surface area contributed by atoms with E-state index >= 15 is 0 Å². The van der Waals surface area contributed by atoms with Gasteiger partial charge in [-0.25, -0.2) is 0 Å². The van der Waals surface area contributed by atoms with E-state index in [9.17, 15) is 9.59 Å². The highest BCUT2D eigenvalue weighted by Crippen LogP contribution is 2.32. The lowest BCUT2D eigenvalue weighted by Gasteiger charge is -2.12. The third kappa shape index (κ3) is 3.53. The SMILES string of the molecule is C=CCN1C(=O)C(Nc2ccc(C)c(Cl)c2)=C(c2ccc(C)c(C)c2)C1=O. The minimum Gasteiger partial charge on any atom is -0.350 e. The smallest absolute Gasteiger partial charge is 0.278 e. The van der Waals surface area contributed by atoms with E-state index < -0.39 is 0 Å². The molecule has 1 heterocycles. The first-order chi connectivity index (χ1) is 12.8. The maximum atomic E-state index is 13.0. The van der Waals surface area contributed by atoms with Gasteiger partial charge in [-0.3, -0.25) is 14.5 Å². The summed E-state index contributed by atoms with van der Waals surface area (Å²) in [7, 11) is 0. The lowest BCUT2D eigenvalue weighted by atomic mass is 9.99. The minimum absolute atomic E-state index is 0.159. The normalized spacial score (nSPS) is 14.1. The third-order valence-electron chi connectivity index (χ3n) is 4.72. The zero-order chi connectivity index (χ0) is 19.7. The summed E-state index contributed by atoms with van der Waals surface area (Å²) in [6.07, 6.45) is 1.54. The monoisotopic (exact) mass is 380 g/mol. The van der Waals surface area contributed by atoms with Crippen LogP contribution in [0.2, 0.25) is 5.02 Å². The summed E-state index contributed by atoms with van der Waals surface area (Å²) >= 11 is 6.20. The van der Waals surface area contributed by atoms with Crippen LogP contribution in [0, 0.1) is 20.8 Å². The maximum Gasteiger partial charge on any atom is 0.278 e. The van der Waals surface area contributed by atoms with Crippen LogP contribution < -0.4 is 5.32 Å². The summed E-state index contributed by atoms with van der Waals surface area (Å²) in [5.41, 5.74) is 5.10. The van der Waals surface area contributed by atoms with E-state index in [0.29, 0.717) is 21.8 Å². The van der Waals surface area contributed by atoms with Crippen molar-refractivity contribution in [3.8, 4) is 0 Å². The van der Waals surface area contributed by atoms with Crippen LogP contribution in [0.5, 0.6) is 0 Å². The number of aryl methyl sites for hydroxylation is 3. The fourth-order valence-electron chi connectivity index (χ4n) is 2.97. The molecule has 0 bridgehead atoms. The van der Waals surface area contributed by atoms with Crippen LogP contribution in [0.25, 0.3) is 5.57 Å². The quantitative estimate of drug-likeness (QED) is 0.607. The number of hydrogen-bond donors (Lipinski definition) is 1. The van der Waals surface area contributed by atoms with Gasteiger partial charge in [-0.1, -0.05) is 41.9 Å². The highest BCUT2D eigenvalue weighted by atomic mass is 35.5. The molecular weight excluding hydrogens is 360 g/mol. The van der Waals surface area contributed by atoms with E-state index in [4.69, 9.17) is 11.6 Å². The van der Waals surface area contributed by atoms with Crippen molar-refractivity contribution in [2.24, 2.45) is 0 Å². The maximum absolute atomic E-state index is 13.0. The zero-order valence-electron chi connectivity index (χ0n) is 15.6. The summed E-state index contributed by atoms with van der Waals surface area (Å²) in [5.74, 6) is -0.700. The number of anilines is 1. The van der Waals surface area contributed by atoms with Crippen molar-refractivity contribution >= 4 is 34.7 Å². The first-order valence-electron chi connectivity index (χ1n) is 8.65. The minimum atomic E-state index is -0.371. The summed E-state index contributed by atoms with van der Waals surface area (Å²) in [6.45, 7) is 9.70.